The molecule has 0 aliphatic heterocycles. The van der Waals surface area contributed by atoms with Crippen molar-refractivity contribution in [2.24, 2.45) is 0 Å². The van der Waals surface area contributed by atoms with Crippen molar-refractivity contribution in [3.63, 3.8) is 0 Å². The highest BCUT2D eigenvalue weighted by molar-refractivity contribution is 9.10. The molecular formula is C22H14Br2FN3S. The standard InChI is InChI=1S/C22H14Br2FN3S/c23-17-7-3-15(4-8-17)20-21(16-5-9-18(24)10-6-16)27-28-22(26-20)29-13-14-1-11-19(25)12-2-14/h1-12H,13H2. The highest BCUT2D eigenvalue weighted by Crippen LogP contribution is 2.32. The van der Waals surface area contributed by atoms with Crippen LogP contribution in [-0.2, 0) is 5.75 Å². The third-order valence-corrected chi connectivity index (χ3v) is 6.15. The Labute approximate surface area is 189 Å². The van der Waals surface area contributed by atoms with E-state index in [9.17, 15) is 4.39 Å². The molecule has 0 saturated carbocycles. The van der Waals surface area contributed by atoms with Gasteiger partial charge in [-0.3, -0.25) is 0 Å². The molecule has 0 atom stereocenters. The van der Waals surface area contributed by atoms with Gasteiger partial charge in [0.05, 0.1) is 0 Å². The van der Waals surface area contributed by atoms with Crippen molar-refractivity contribution in [1.82, 2.24) is 15.2 Å². The van der Waals surface area contributed by atoms with E-state index < -0.39 is 0 Å². The third-order valence-electron chi connectivity index (χ3n) is 4.18. The van der Waals surface area contributed by atoms with Crippen LogP contribution in [0.3, 0.4) is 0 Å². The summed E-state index contributed by atoms with van der Waals surface area (Å²) in [5.74, 6) is 0.396. The van der Waals surface area contributed by atoms with Crippen molar-refractivity contribution in [3.05, 3.63) is 93.1 Å². The van der Waals surface area contributed by atoms with E-state index in [4.69, 9.17) is 4.98 Å². The van der Waals surface area contributed by atoms with Gasteiger partial charge in [0.25, 0.3) is 0 Å². The molecule has 0 bridgehead atoms. The van der Waals surface area contributed by atoms with Gasteiger partial charge >= 0.3 is 0 Å². The maximum absolute atomic E-state index is 13.1. The molecule has 29 heavy (non-hydrogen) atoms. The van der Waals surface area contributed by atoms with Crippen LogP contribution in [0.1, 0.15) is 5.56 Å². The van der Waals surface area contributed by atoms with Crippen molar-refractivity contribution in [2.45, 2.75) is 10.9 Å². The molecule has 3 aromatic carbocycles. The van der Waals surface area contributed by atoms with Crippen LogP contribution in [0.2, 0.25) is 0 Å². The quantitative estimate of drug-likeness (QED) is 0.256. The number of hydrogen-bond acceptors (Lipinski definition) is 4. The third kappa shape index (κ3) is 5.10. The second-order valence-corrected chi connectivity index (χ2v) is 8.99. The summed E-state index contributed by atoms with van der Waals surface area (Å²) < 4.78 is 15.1. The van der Waals surface area contributed by atoms with E-state index >= 15 is 0 Å². The summed E-state index contributed by atoms with van der Waals surface area (Å²) >= 11 is 8.41. The average Bonchev–Trinajstić information content (AvgIpc) is 2.74. The highest BCUT2D eigenvalue weighted by atomic mass is 79.9. The first-order valence-corrected chi connectivity index (χ1v) is 11.3. The number of halogens is 3. The highest BCUT2D eigenvalue weighted by Gasteiger charge is 2.14. The Morgan fingerprint density at radius 3 is 1.83 bits per heavy atom. The zero-order valence-corrected chi connectivity index (χ0v) is 19.0. The number of nitrogens with zero attached hydrogens (tertiary/aromatic N) is 3. The lowest BCUT2D eigenvalue weighted by Gasteiger charge is -2.10. The van der Waals surface area contributed by atoms with Gasteiger partial charge in [0.1, 0.15) is 17.2 Å². The molecule has 1 heterocycles. The van der Waals surface area contributed by atoms with E-state index in [1.54, 1.807) is 12.1 Å². The molecule has 4 aromatic rings. The van der Waals surface area contributed by atoms with Crippen molar-refractivity contribution in [1.29, 1.82) is 0 Å². The molecule has 0 N–H and O–H groups in total. The number of aromatic nitrogens is 3. The Morgan fingerprint density at radius 2 is 1.24 bits per heavy atom. The number of thioether (sulfide) groups is 1. The van der Waals surface area contributed by atoms with Crippen LogP contribution >= 0.6 is 43.6 Å². The van der Waals surface area contributed by atoms with E-state index in [0.717, 1.165) is 37.0 Å². The van der Waals surface area contributed by atoms with Crippen molar-refractivity contribution in [3.8, 4) is 22.5 Å². The van der Waals surface area contributed by atoms with E-state index in [2.05, 4.69) is 42.1 Å². The predicted octanol–water partition coefficient (Wildman–Crippen LogP) is 7.16. The summed E-state index contributed by atoms with van der Waals surface area (Å²) in [6, 6.07) is 22.3. The maximum Gasteiger partial charge on any atom is 0.210 e. The Balaban J connectivity index is 1.69. The van der Waals surface area contributed by atoms with Gasteiger partial charge in [-0.1, -0.05) is 80.0 Å². The summed E-state index contributed by atoms with van der Waals surface area (Å²) in [7, 11) is 0. The molecule has 4 rings (SSSR count). The minimum atomic E-state index is -0.243. The van der Waals surface area contributed by atoms with Crippen molar-refractivity contribution >= 4 is 43.6 Å². The van der Waals surface area contributed by atoms with E-state index in [1.165, 1.54) is 23.9 Å². The number of rotatable bonds is 5. The molecule has 0 saturated heterocycles. The van der Waals surface area contributed by atoms with Gasteiger partial charge in [-0.15, -0.1) is 10.2 Å². The number of hydrogen-bond donors (Lipinski definition) is 0. The van der Waals surface area contributed by atoms with Gasteiger partial charge in [-0.2, -0.15) is 0 Å². The summed E-state index contributed by atoms with van der Waals surface area (Å²) in [6.45, 7) is 0. The minimum absolute atomic E-state index is 0.243. The van der Waals surface area contributed by atoms with Gasteiger partial charge in [-0.25, -0.2) is 9.37 Å². The molecule has 7 heteroatoms. The fourth-order valence-electron chi connectivity index (χ4n) is 2.71. The van der Waals surface area contributed by atoms with Gasteiger partial charge < -0.3 is 0 Å². The zero-order valence-electron chi connectivity index (χ0n) is 15.0. The van der Waals surface area contributed by atoms with Gasteiger partial charge in [0.2, 0.25) is 5.16 Å². The predicted molar refractivity (Wildman–Crippen MR) is 122 cm³/mol. The van der Waals surface area contributed by atoms with E-state index in [0.29, 0.717) is 10.9 Å². The molecule has 0 aliphatic carbocycles. The van der Waals surface area contributed by atoms with E-state index in [1.807, 2.05) is 48.5 Å². The summed E-state index contributed by atoms with van der Waals surface area (Å²) in [6.07, 6.45) is 0. The largest absolute Gasteiger partial charge is 0.219 e. The maximum atomic E-state index is 13.1. The number of benzene rings is 3. The molecule has 0 fully saturated rings. The Hall–Kier alpha value is -2.09. The summed E-state index contributed by atoms with van der Waals surface area (Å²) in [5.41, 5.74) is 4.41. The van der Waals surface area contributed by atoms with Crippen LogP contribution in [0.5, 0.6) is 0 Å². The lowest BCUT2D eigenvalue weighted by molar-refractivity contribution is 0.627. The first-order valence-electron chi connectivity index (χ1n) is 8.72. The Morgan fingerprint density at radius 1 is 0.690 bits per heavy atom. The van der Waals surface area contributed by atoms with Gasteiger partial charge in [0.15, 0.2) is 0 Å². The molecule has 0 aliphatic rings. The molecule has 1 aromatic heterocycles. The molecule has 3 nitrogen and oxygen atoms in total. The molecule has 0 unspecified atom stereocenters. The van der Waals surface area contributed by atoms with Gasteiger partial charge in [0, 0.05) is 25.8 Å². The molecule has 144 valence electrons. The first kappa shape index (κ1) is 20.2. The van der Waals surface area contributed by atoms with Crippen LogP contribution in [0.15, 0.2) is 86.9 Å². The first-order chi connectivity index (χ1) is 14.1. The molecular weight excluding hydrogens is 517 g/mol. The lowest BCUT2D eigenvalue weighted by atomic mass is 10.0. The topological polar surface area (TPSA) is 38.7 Å². The van der Waals surface area contributed by atoms with Crippen LogP contribution in [-0.4, -0.2) is 15.2 Å². The molecule has 0 radical (unpaired) electrons. The van der Waals surface area contributed by atoms with Crippen LogP contribution in [0.4, 0.5) is 4.39 Å². The molecule has 0 spiro atoms. The van der Waals surface area contributed by atoms with Crippen LogP contribution in [0, 0.1) is 5.82 Å². The summed E-state index contributed by atoms with van der Waals surface area (Å²) in [4.78, 5) is 4.79. The van der Waals surface area contributed by atoms with Gasteiger partial charge in [-0.05, 0) is 42.0 Å². The smallest absolute Gasteiger partial charge is 0.210 e. The summed E-state index contributed by atoms with van der Waals surface area (Å²) in [5, 5.41) is 9.38. The minimum Gasteiger partial charge on any atom is -0.219 e. The lowest BCUT2D eigenvalue weighted by Crippen LogP contribution is -1.99. The normalized spacial score (nSPS) is 10.9. The monoisotopic (exact) mass is 529 g/mol. The fraction of sp³-hybridized carbons (Fsp3) is 0.0455. The van der Waals surface area contributed by atoms with Crippen LogP contribution in [0.25, 0.3) is 22.5 Å². The second kappa shape index (κ2) is 9.15. The Kier molecular flexibility index (Phi) is 6.37. The Bertz CT molecular complexity index is 1120. The SMILES string of the molecule is Fc1ccc(CSc2nnc(-c3ccc(Br)cc3)c(-c3ccc(Br)cc3)n2)cc1. The van der Waals surface area contributed by atoms with Crippen molar-refractivity contribution in [2.75, 3.05) is 0 Å². The van der Waals surface area contributed by atoms with E-state index in [-0.39, 0.29) is 5.82 Å². The average molecular weight is 531 g/mol. The van der Waals surface area contributed by atoms with Crippen LogP contribution < -0.4 is 0 Å². The second-order valence-electron chi connectivity index (χ2n) is 6.22. The fourth-order valence-corrected chi connectivity index (χ4v) is 3.98. The van der Waals surface area contributed by atoms with Crippen molar-refractivity contribution < 1.29 is 4.39 Å². The zero-order chi connectivity index (χ0) is 20.2. The molecule has 0 amide bonds.